The van der Waals surface area contributed by atoms with Gasteiger partial charge in [-0.3, -0.25) is 9.59 Å². The van der Waals surface area contributed by atoms with Crippen LogP contribution >= 0.6 is 11.6 Å². The standard InChI is InChI=1S/C22H21ClF5N3O4/c1-12-10-31(21(33)13-8-15(23)20(29-9-13)34-11-18(24)25)7-6-16(12)30-19(32)14-4-2-3-5-17(14)35-22(26,27)28/h2-5,8-9,12,16,18H,6-7,10-11H2,1H3,(H,30,32)/t12-,16+/m0/s1. The molecule has 35 heavy (non-hydrogen) atoms. The van der Waals surface area contributed by atoms with Crippen LogP contribution in [-0.4, -0.2) is 60.2 Å². The van der Waals surface area contributed by atoms with Gasteiger partial charge in [0.15, 0.2) is 6.61 Å². The molecular formula is C22H21ClF5N3O4. The van der Waals surface area contributed by atoms with E-state index in [1.165, 1.54) is 35.4 Å². The van der Waals surface area contributed by atoms with Crippen molar-refractivity contribution in [3.05, 3.63) is 52.7 Å². The van der Waals surface area contributed by atoms with E-state index in [0.29, 0.717) is 6.42 Å². The number of pyridine rings is 1. The molecule has 1 aliphatic heterocycles. The van der Waals surface area contributed by atoms with Gasteiger partial charge < -0.3 is 19.7 Å². The van der Waals surface area contributed by atoms with Gasteiger partial charge in [0.05, 0.1) is 11.1 Å². The lowest BCUT2D eigenvalue weighted by Crippen LogP contribution is -2.51. The molecule has 1 N–H and O–H groups in total. The number of amides is 2. The number of likely N-dealkylation sites (tertiary alicyclic amines) is 1. The summed E-state index contributed by atoms with van der Waals surface area (Å²) < 4.78 is 71.2. The summed E-state index contributed by atoms with van der Waals surface area (Å²) in [5.74, 6) is -2.18. The van der Waals surface area contributed by atoms with Crippen LogP contribution in [0.5, 0.6) is 11.6 Å². The van der Waals surface area contributed by atoms with Gasteiger partial charge in [-0.1, -0.05) is 30.7 Å². The third kappa shape index (κ3) is 7.17. The Balaban J connectivity index is 1.62. The van der Waals surface area contributed by atoms with Crippen molar-refractivity contribution in [3.8, 4) is 11.6 Å². The van der Waals surface area contributed by atoms with Gasteiger partial charge in [0.25, 0.3) is 18.2 Å². The molecule has 1 fully saturated rings. The Morgan fingerprint density at radius 1 is 1.29 bits per heavy atom. The van der Waals surface area contributed by atoms with Crippen LogP contribution in [0.1, 0.15) is 34.1 Å². The predicted octanol–water partition coefficient (Wildman–Crippen LogP) is 4.56. The first-order chi connectivity index (χ1) is 16.4. The number of ether oxygens (including phenoxy) is 2. The monoisotopic (exact) mass is 521 g/mol. The zero-order valence-electron chi connectivity index (χ0n) is 18.3. The molecular weight excluding hydrogens is 501 g/mol. The van der Waals surface area contributed by atoms with E-state index in [9.17, 15) is 31.5 Å². The molecule has 3 rings (SSSR count). The van der Waals surface area contributed by atoms with Crippen molar-refractivity contribution in [3.63, 3.8) is 0 Å². The van der Waals surface area contributed by atoms with Gasteiger partial charge in [-0.05, 0) is 30.5 Å². The molecule has 13 heteroatoms. The molecule has 190 valence electrons. The van der Waals surface area contributed by atoms with Crippen LogP contribution in [0.25, 0.3) is 0 Å². The molecule has 0 bridgehead atoms. The highest BCUT2D eigenvalue weighted by Gasteiger charge is 2.34. The van der Waals surface area contributed by atoms with Gasteiger partial charge in [0.1, 0.15) is 10.8 Å². The highest BCUT2D eigenvalue weighted by molar-refractivity contribution is 6.32. The predicted molar refractivity (Wildman–Crippen MR) is 115 cm³/mol. The van der Waals surface area contributed by atoms with E-state index in [2.05, 4.69) is 15.0 Å². The van der Waals surface area contributed by atoms with E-state index >= 15 is 0 Å². The fourth-order valence-corrected chi connectivity index (χ4v) is 3.85. The number of nitrogens with one attached hydrogen (secondary N) is 1. The highest BCUT2D eigenvalue weighted by Crippen LogP contribution is 2.28. The number of hydrogen-bond acceptors (Lipinski definition) is 5. The molecule has 7 nitrogen and oxygen atoms in total. The summed E-state index contributed by atoms with van der Waals surface area (Å²) >= 11 is 5.98. The van der Waals surface area contributed by atoms with Crippen LogP contribution < -0.4 is 14.8 Å². The lowest BCUT2D eigenvalue weighted by molar-refractivity contribution is -0.274. The van der Waals surface area contributed by atoms with Crippen LogP contribution in [0.2, 0.25) is 5.02 Å². The van der Waals surface area contributed by atoms with Crippen molar-refractivity contribution in [2.24, 2.45) is 5.92 Å². The van der Waals surface area contributed by atoms with Crippen molar-refractivity contribution < 1.29 is 41.0 Å². The lowest BCUT2D eigenvalue weighted by atomic mass is 9.93. The smallest absolute Gasteiger partial charge is 0.471 e. The molecule has 2 atom stereocenters. The summed E-state index contributed by atoms with van der Waals surface area (Å²) in [7, 11) is 0. The maximum Gasteiger partial charge on any atom is 0.573 e. The van der Waals surface area contributed by atoms with Crippen molar-refractivity contribution in [1.82, 2.24) is 15.2 Å². The van der Waals surface area contributed by atoms with Crippen LogP contribution in [0, 0.1) is 5.92 Å². The number of halogens is 6. The van der Waals surface area contributed by atoms with Gasteiger partial charge in [-0.2, -0.15) is 0 Å². The van der Waals surface area contributed by atoms with Crippen LogP contribution in [0.3, 0.4) is 0 Å². The molecule has 2 aromatic rings. The SMILES string of the molecule is C[C@H]1CN(C(=O)c2cnc(OCC(F)F)c(Cl)c2)CC[C@H]1NC(=O)c1ccccc1OC(F)(F)F. The summed E-state index contributed by atoms with van der Waals surface area (Å²) in [6.45, 7) is 1.39. The lowest BCUT2D eigenvalue weighted by Gasteiger charge is -2.37. The molecule has 1 saturated heterocycles. The third-order valence-corrected chi connectivity index (χ3v) is 5.54. The Kier molecular flexibility index (Phi) is 8.36. The number of carbonyl (C=O) groups excluding carboxylic acids is 2. The average molecular weight is 522 g/mol. The maximum atomic E-state index is 12.9. The zero-order chi connectivity index (χ0) is 25.8. The van der Waals surface area contributed by atoms with E-state index in [-0.39, 0.29) is 41.0 Å². The fourth-order valence-electron chi connectivity index (χ4n) is 3.63. The van der Waals surface area contributed by atoms with Gasteiger partial charge in [-0.15, -0.1) is 13.2 Å². The molecule has 0 aliphatic carbocycles. The van der Waals surface area contributed by atoms with Gasteiger partial charge >= 0.3 is 6.36 Å². The first kappa shape index (κ1) is 26.5. The molecule has 1 aliphatic rings. The Hall–Kier alpha value is -3.15. The second kappa shape index (κ2) is 11.1. The number of benzene rings is 1. The van der Waals surface area contributed by atoms with Crippen LogP contribution in [0.4, 0.5) is 22.0 Å². The number of hydrogen-bond donors (Lipinski definition) is 1. The quantitative estimate of drug-likeness (QED) is 0.540. The molecule has 0 saturated carbocycles. The van der Waals surface area contributed by atoms with E-state index in [1.54, 1.807) is 6.92 Å². The number of rotatable bonds is 7. The summed E-state index contributed by atoms with van der Waals surface area (Å²) in [6.07, 6.45) is -6.13. The first-order valence-corrected chi connectivity index (χ1v) is 10.8. The third-order valence-electron chi connectivity index (χ3n) is 5.27. The summed E-state index contributed by atoms with van der Waals surface area (Å²) in [6, 6.07) is 5.89. The zero-order valence-corrected chi connectivity index (χ0v) is 19.1. The molecule has 1 aromatic heterocycles. The second-order valence-electron chi connectivity index (χ2n) is 7.85. The van der Waals surface area contributed by atoms with E-state index in [1.807, 2.05) is 0 Å². The maximum absolute atomic E-state index is 12.9. The Bertz CT molecular complexity index is 1070. The number of aromatic nitrogens is 1. The Morgan fingerprint density at radius 3 is 2.63 bits per heavy atom. The number of nitrogens with zero attached hydrogens (tertiary/aromatic N) is 2. The van der Waals surface area contributed by atoms with Gasteiger partial charge in [-0.25, -0.2) is 13.8 Å². The van der Waals surface area contributed by atoms with Crippen molar-refractivity contribution in [2.75, 3.05) is 19.7 Å². The molecule has 0 spiro atoms. The van der Waals surface area contributed by atoms with Crippen LogP contribution in [0.15, 0.2) is 36.5 Å². The van der Waals surface area contributed by atoms with Crippen LogP contribution in [-0.2, 0) is 0 Å². The molecule has 2 amide bonds. The number of piperidine rings is 1. The molecule has 1 aromatic carbocycles. The minimum absolute atomic E-state index is 0.0913. The molecule has 0 radical (unpaired) electrons. The Labute approximate surface area is 202 Å². The first-order valence-electron chi connectivity index (χ1n) is 10.5. The minimum atomic E-state index is -4.94. The van der Waals surface area contributed by atoms with E-state index in [0.717, 1.165) is 6.07 Å². The summed E-state index contributed by atoms with van der Waals surface area (Å²) in [5, 5.41) is 2.62. The number of alkyl halides is 5. The second-order valence-corrected chi connectivity index (χ2v) is 8.26. The van der Waals surface area contributed by atoms with Gasteiger partial charge in [0.2, 0.25) is 5.88 Å². The van der Waals surface area contributed by atoms with Gasteiger partial charge in [0, 0.05) is 25.3 Å². The van der Waals surface area contributed by atoms with E-state index < -0.39 is 43.0 Å². The molecule has 0 unspecified atom stereocenters. The highest BCUT2D eigenvalue weighted by atomic mass is 35.5. The largest absolute Gasteiger partial charge is 0.573 e. The topological polar surface area (TPSA) is 80.8 Å². The average Bonchev–Trinajstić information content (AvgIpc) is 2.78. The minimum Gasteiger partial charge on any atom is -0.471 e. The Morgan fingerprint density at radius 2 is 2.00 bits per heavy atom. The van der Waals surface area contributed by atoms with E-state index in [4.69, 9.17) is 16.3 Å². The van der Waals surface area contributed by atoms with Crippen molar-refractivity contribution >= 4 is 23.4 Å². The molecule has 2 heterocycles. The van der Waals surface area contributed by atoms with Crippen molar-refractivity contribution in [2.45, 2.75) is 32.2 Å². The summed E-state index contributed by atoms with van der Waals surface area (Å²) in [4.78, 5) is 30.8. The van der Waals surface area contributed by atoms with Crippen molar-refractivity contribution in [1.29, 1.82) is 0 Å². The normalized spacial score (nSPS) is 18.3. The summed E-state index contributed by atoms with van der Waals surface area (Å²) in [5.41, 5.74) is -0.127. The fraction of sp³-hybridized carbons (Fsp3) is 0.409. The number of carbonyl (C=O) groups is 2. The number of para-hydroxylation sites is 1.